The largest absolute Gasteiger partial charge is 0.0651 e. The van der Waals surface area contributed by atoms with Crippen LogP contribution in [0.1, 0.15) is 27.2 Å². The van der Waals surface area contributed by atoms with E-state index >= 15 is 0 Å². The van der Waals surface area contributed by atoms with Crippen LogP contribution >= 0.6 is 0 Å². The van der Waals surface area contributed by atoms with Gasteiger partial charge in [0.15, 0.2) is 0 Å². The summed E-state index contributed by atoms with van der Waals surface area (Å²) in [6.45, 7) is 6.64. The maximum atomic E-state index is 4.96. The zero-order valence-corrected chi connectivity index (χ0v) is 7.75. The Morgan fingerprint density at radius 2 is 1.18 bits per heavy atom. The first kappa shape index (κ1) is 13.9. The first-order valence-electron chi connectivity index (χ1n) is 3.94. The van der Waals surface area contributed by atoms with Crippen LogP contribution in [0.25, 0.3) is 0 Å². The molecule has 0 atom stereocenters. The Bertz CT molecular complexity index is 65.4. The Labute approximate surface area is 77.4 Å². The van der Waals surface area contributed by atoms with Crippen molar-refractivity contribution in [1.82, 2.24) is 0 Å². The Balaban J connectivity index is 0. The van der Waals surface area contributed by atoms with E-state index in [0.717, 1.165) is 5.92 Å². The van der Waals surface area contributed by atoms with Crippen molar-refractivity contribution in [2.75, 3.05) is 0 Å². The molecule has 0 aliphatic carbocycles. The van der Waals surface area contributed by atoms with Gasteiger partial charge in [-0.1, -0.05) is 27.2 Å². The third-order valence-electron chi connectivity index (χ3n) is 1.26. The molecule has 50 valence electrons. The summed E-state index contributed by atoms with van der Waals surface area (Å²) in [5.74, 6) is 0.884. The van der Waals surface area contributed by atoms with E-state index in [2.05, 4.69) is 20.8 Å². The summed E-state index contributed by atoms with van der Waals surface area (Å²) in [7, 11) is 19.9. The van der Waals surface area contributed by atoms with E-state index in [-0.39, 0.29) is 0 Å². The Morgan fingerprint density at radius 3 is 1.18 bits per heavy atom. The van der Waals surface area contributed by atoms with E-state index in [9.17, 15) is 0 Å². The maximum Gasteiger partial charge on any atom is 0 e. The fourth-order valence-electron chi connectivity index (χ4n) is 0. The monoisotopic (exact) mass is 138 g/mol. The molecule has 11 heavy (non-hydrogen) atoms. The minimum absolute atomic E-state index is 0.593. The van der Waals surface area contributed by atoms with Gasteiger partial charge in [-0.2, -0.15) is 0 Å². The topological polar surface area (TPSA) is 0 Å². The van der Waals surface area contributed by atoms with Gasteiger partial charge < -0.3 is 0 Å². The molecule has 0 saturated carbocycles. The molecule has 0 rings (SSSR count). The Morgan fingerprint density at radius 1 is 1.00 bits per heavy atom. The molecule has 0 aliphatic rings. The Hall–Kier alpha value is 0.390. The van der Waals surface area contributed by atoms with Crippen molar-refractivity contribution in [3.05, 3.63) is 0 Å². The van der Waals surface area contributed by atoms with Gasteiger partial charge in [0, 0.05) is 43.7 Å². The standard InChI is InChI=1S/C5H12.B6/c1-4-5(2)3;1-5(2)6(3)4/h5H,4H2,1-3H3;. The van der Waals surface area contributed by atoms with Crippen LogP contribution in [0.3, 0.4) is 0 Å². The van der Waals surface area contributed by atoms with Gasteiger partial charge in [0.05, 0.1) is 0 Å². The van der Waals surface area contributed by atoms with Crippen LogP contribution in [0.4, 0.5) is 0 Å². The van der Waals surface area contributed by atoms with Gasteiger partial charge in [-0.15, -0.1) is 0 Å². The lowest BCUT2D eigenvalue weighted by molar-refractivity contribution is 0.626. The Kier molecular flexibility index (Phi) is 10.8. The van der Waals surface area contributed by atoms with Crippen molar-refractivity contribution in [1.29, 1.82) is 0 Å². The maximum absolute atomic E-state index is 4.96. The van der Waals surface area contributed by atoms with Crippen LogP contribution in [0.5, 0.6) is 0 Å². The van der Waals surface area contributed by atoms with Crippen LogP contribution in [0.2, 0.25) is 0 Å². The lowest BCUT2D eigenvalue weighted by atomic mass is 8.81. The molecule has 0 fully saturated rings. The summed E-state index contributed by atoms with van der Waals surface area (Å²) >= 11 is 0. The fraction of sp³-hybridized carbons (Fsp3) is 1.00. The molecule has 0 spiro atoms. The van der Waals surface area contributed by atoms with Crippen LogP contribution < -0.4 is 0 Å². The molecule has 0 heterocycles. The molecule has 0 aromatic heterocycles. The van der Waals surface area contributed by atoms with E-state index in [0.29, 0.717) is 0 Å². The highest BCUT2D eigenvalue weighted by atomic mass is 13.9. The van der Waals surface area contributed by atoms with E-state index in [1.54, 1.807) is 0 Å². The van der Waals surface area contributed by atoms with Crippen LogP contribution in [-0.4, -0.2) is 43.7 Å². The molecule has 8 radical (unpaired) electrons. The summed E-state index contributed by atoms with van der Waals surface area (Å²) < 4.78 is 0. The highest BCUT2D eigenvalue weighted by Crippen LogP contribution is 1.93. The van der Waals surface area contributed by atoms with E-state index < -0.39 is 12.8 Å². The van der Waals surface area contributed by atoms with Crippen molar-refractivity contribution in [2.45, 2.75) is 27.2 Å². The zero-order chi connectivity index (χ0) is 9.44. The SMILES string of the molecule is CCC(C)C.[B]B([B])B([B])[B]. The second kappa shape index (κ2) is 8.49. The lowest BCUT2D eigenvalue weighted by Crippen LogP contribution is -2.38. The summed E-state index contributed by atoms with van der Waals surface area (Å²) in [6.07, 6.45) is 0.120. The quantitative estimate of drug-likeness (QED) is 0.461. The van der Waals surface area contributed by atoms with Gasteiger partial charge in [0.2, 0.25) is 0 Å². The first-order valence-corrected chi connectivity index (χ1v) is 3.94. The summed E-state index contributed by atoms with van der Waals surface area (Å²) in [5, 5.41) is 0. The minimum atomic E-state index is -0.593. The van der Waals surface area contributed by atoms with Crippen molar-refractivity contribution < 1.29 is 0 Å². The molecule has 0 bridgehead atoms. The van der Waals surface area contributed by atoms with Gasteiger partial charge in [-0.05, 0) is 5.92 Å². The van der Waals surface area contributed by atoms with Crippen LogP contribution in [-0.2, 0) is 0 Å². The van der Waals surface area contributed by atoms with Crippen LogP contribution in [0.15, 0.2) is 0 Å². The number of rotatable bonds is 2. The fourth-order valence-corrected chi connectivity index (χ4v) is 0. The predicted octanol–water partition coefficient (Wildman–Crippen LogP) is -0.232. The average Bonchev–Trinajstić information content (AvgIpc) is 1.89. The van der Waals surface area contributed by atoms with Gasteiger partial charge in [-0.3, -0.25) is 0 Å². The van der Waals surface area contributed by atoms with Crippen LogP contribution in [0, 0.1) is 5.92 Å². The normalized spacial score (nSPS) is 8.36. The molecule has 0 nitrogen and oxygen atoms in total. The van der Waals surface area contributed by atoms with Gasteiger partial charge in [0.25, 0.3) is 0 Å². The van der Waals surface area contributed by atoms with Crippen molar-refractivity contribution in [2.24, 2.45) is 5.92 Å². The van der Waals surface area contributed by atoms with Crippen molar-refractivity contribution in [3.63, 3.8) is 0 Å². The summed E-state index contributed by atoms with van der Waals surface area (Å²) in [5.41, 5.74) is 0. The molecule has 0 N–H and O–H groups in total. The highest BCUT2D eigenvalue weighted by Gasteiger charge is 2.00. The molecular formula is C5H12B6. The first-order chi connectivity index (χ1) is 4.91. The zero-order valence-electron chi connectivity index (χ0n) is 7.75. The molecule has 0 aromatic rings. The second-order valence-corrected chi connectivity index (χ2v) is 2.96. The van der Waals surface area contributed by atoms with E-state index in [1.165, 1.54) is 6.42 Å². The van der Waals surface area contributed by atoms with Gasteiger partial charge in [0.1, 0.15) is 0 Å². The summed E-state index contributed by atoms with van der Waals surface area (Å²) in [6, 6.07) is 0. The molecule has 6 heteroatoms. The molecule has 0 saturated heterocycles. The number of hydrogen-bond donors (Lipinski definition) is 0. The number of hydrogen-bond acceptors (Lipinski definition) is 0. The summed E-state index contributed by atoms with van der Waals surface area (Å²) in [4.78, 5) is 0. The molecule has 0 unspecified atom stereocenters. The van der Waals surface area contributed by atoms with Crippen molar-refractivity contribution in [3.8, 4) is 0 Å². The molecule has 0 aromatic carbocycles. The lowest BCUT2D eigenvalue weighted by Gasteiger charge is -2.00. The predicted molar refractivity (Wildman–Crippen MR) is 59.7 cm³/mol. The molecular weight excluding hydrogens is 125 g/mol. The van der Waals surface area contributed by atoms with Gasteiger partial charge >= 0.3 is 0 Å². The van der Waals surface area contributed by atoms with E-state index in [4.69, 9.17) is 30.9 Å². The highest BCUT2D eigenvalue weighted by molar-refractivity contribution is 7.76. The third kappa shape index (κ3) is 17.9. The second-order valence-electron chi connectivity index (χ2n) is 2.96. The average molecular weight is 137 g/mol. The smallest absolute Gasteiger partial charge is 0 e. The minimum Gasteiger partial charge on any atom is -0.0651 e. The molecule has 0 amide bonds. The van der Waals surface area contributed by atoms with Crippen molar-refractivity contribution >= 4 is 43.7 Å². The third-order valence-corrected chi connectivity index (χ3v) is 1.26. The van der Waals surface area contributed by atoms with E-state index in [1.807, 2.05) is 0 Å². The van der Waals surface area contributed by atoms with Gasteiger partial charge in [-0.25, -0.2) is 0 Å². The molecule has 0 aliphatic heterocycles.